The molecule has 1 aromatic heterocycles. The molecule has 10 heteroatoms. The van der Waals surface area contributed by atoms with E-state index in [4.69, 9.17) is 4.74 Å². The second-order valence-electron chi connectivity index (χ2n) is 5.88. The van der Waals surface area contributed by atoms with Crippen molar-refractivity contribution in [2.24, 2.45) is 0 Å². The number of carbonyl (C=O) groups is 2. The second-order valence-corrected chi connectivity index (χ2v) is 6.80. The predicted octanol–water partition coefficient (Wildman–Crippen LogP) is 2.16. The molecule has 0 aliphatic carbocycles. The van der Waals surface area contributed by atoms with Crippen LogP contribution in [0, 0.1) is 5.82 Å². The molecule has 0 aliphatic rings. The van der Waals surface area contributed by atoms with E-state index in [1.165, 1.54) is 16.8 Å². The van der Waals surface area contributed by atoms with E-state index < -0.39 is 24.2 Å². The number of ether oxygens (including phenoxy) is 1. The molecular weight excluding hydrogens is 447 g/mol. The Bertz CT molecular complexity index is 1150. The molecule has 1 heterocycles. The summed E-state index contributed by atoms with van der Waals surface area (Å²) in [5.41, 5.74) is 4.08. The summed E-state index contributed by atoms with van der Waals surface area (Å²) in [6.45, 7) is 1.50. The Hall–Kier alpha value is -3.27. The van der Waals surface area contributed by atoms with Crippen LogP contribution in [0.1, 0.15) is 17.4 Å². The quantitative estimate of drug-likeness (QED) is 0.565. The Morgan fingerprint density at radius 3 is 2.59 bits per heavy atom. The van der Waals surface area contributed by atoms with E-state index in [9.17, 15) is 18.8 Å². The van der Waals surface area contributed by atoms with Gasteiger partial charge >= 0.3 is 0 Å². The Balaban J connectivity index is 1.68. The highest BCUT2D eigenvalue weighted by Crippen LogP contribution is 2.21. The topological polar surface area (TPSA) is 102 Å². The fraction of sp³-hybridized carbons (Fsp3) is 0.158. The molecule has 150 valence electrons. The van der Waals surface area contributed by atoms with Gasteiger partial charge in [0.1, 0.15) is 0 Å². The monoisotopic (exact) mass is 462 g/mol. The maximum atomic E-state index is 13.7. The van der Waals surface area contributed by atoms with E-state index in [2.05, 4.69) is 31.9 Å². The Morgan fingerprint density at radius 2 is 1.90 bits per heavy atom. The van der Waals surface area contributed by atoms with E-state index in [-0.39, 0.29) is 23.5 Å². The number of hydrogen-bond donors (Lipinski definition) is 2. The predicted molar refractivity (Wildman–Crippen MR) is 107 cm³/mol. The van der Waals surface area contributed by atoms with Crippen molar-refractivity contribution >= 4 is 38.5 Å². The minimum absolute atomic E-state index is 0.0118. The molecular formula is C19H16BrFN4O4. The molecule has 0 bridgehead atoms. The molecule has 8 nitrogen and oxygen atoms in total. The first-order valence-corrected chi connectivity index (χ1v) is 9.37. The van der Waals surface area contributed by atoms with Gasteiger partial charge in [-0.05, 0) is 31.2 Å². The lowest BCUT2D eigenvalue weighted by atomic mass is 10.1. The van der Waals surface area contributed by atoms with Gasteiger partial charge in [-0.25, -0.2) is 9.07 Å². The molecule has 0 saturated carbocycles. The number of hydrazine groups is 1. The molecule has 2 amide bonds. The number of amides is 2. The number of nitrogens with one attached hydrogen (secondary N) is 2. The van der Waals surface area contributed by atoms with E-state index in [1.807, 2.05) is 0 Å². The van der Waals surface area contributed by atoms with Crippen LogP contribution in [0.25, 0.3) is 10.8 Å². The summed E-state index contributed by atoms with van der Waals surface area (Å²) >= 11 is 3.12. The van der Waals surface area contributed by atoms with Gasteiger partial charge in [0.05, 0.1) is 5.39 Å². The van der Waals surface area contributed by atoms with Gasteiger partial charge in [-0.2, -0.15) is 5.10 Å². The third kappa shape index (κ3) is 4.60. The third-order valence-electron chi connectivity index (χ3n) is 3.95. The standard InChI is InChI=1S/C19H16BrFN4O4/c1-2-25-19(28)13-6-4-3-5-12(13)17(24-25)18(27)23-22-16(26)10-29-15-8-7-11(20)9-14(15)21/h3-9H,2,10H2,1H3,(H,22,26)(H,23,27). The zero-order valence-electron chi connectivity index (χ0n) is 15.2. The van der Waals surface area contributed by atoms with Crippen molar-refractivity contribution in [1.82, 2.24) is 20.6 Å². The van der Waals surface area contributed by atoms with Gasteiger partial charge in [-0.15, -0.1) is 0 Å². The van der Waals surface area contributed by atoms with Crippen LogP contribution < -0.4 is 21.1 Å². The maximum absolute atomic E-state index is 13.7. The zero-order valence-corrected chi connectivity index (χ0v) is 16.8. The van der Waals surface area contributed by atoms with Crippen LogP contribution >= 0.6 is 15.9 Å². The molecule has 0 radical (unpaired) electrons. The van der Waals surface area contributed by atoms with Crippen LogP contribution in [0.2, 0.25) is 0 Å². The van der Waals surface area contributed by atoms with Crippen molar-refractivity contribution in [3.05, 3.63) is 68.8 Å². The number of aryl methyl sites for hydroxylation is 1. The minimum Gasteiger partial charge on any atom is -0.481 e. The van der Waals surface area contributed by atoms with Crippen molar-refractivity contribution in [3.8, 4) is 5.75 Å². The summed E-state index contributed by atoms with van der Waals surface area (Å²) in [6.07, 6.45) is 0. The van der Waals surface area contributed by atoms with Crippen LogP contribution in [0.15, 0.2) is 51.7 Å². The van der Waals surface area contributed by atoms with E-state index in [1.54, 1.807) is 37.3 Å². The largest absolute Gasteiger partial charge is 0.481 e. The molecule has 0 saturated heterocycles. The lowest BCUT2D eigenvalue weighted by Gasteiger charge is -2.11. The Morgan fingerprint density at radius 1 is 1.17 bits per heavy atom. The highest BCUT2D eigenvalue weighted by Gasteiger charge is 2.17. The normalized spacial score (nSPS) is 10.6. The minimum atomic E-state index is -0.702. The van der Waals surface area contributed by atoms with Gasteiger partial charge in [0.25, 0.3) is 17.4 Å². The summed E-state index contributed by atoms with van der Waals surface area (Å²) in [5, 5.41) is 4.77. The van der Waals surface area contributed by atoms with Crippen LogP contribution in [0.5, 0.6) is 5.75 Å². The molecule has 0 spiro atoms. The summed E-state index contributed by atoms with van der Waals surface area (Å²) in [5.74, 6) is -2.13. The fourth-order valence-corrected chi connectivity index (χ4v) is 2.91. The number of carbonyl (C=O) groups excluding carboxylic acids is 2. The van der Waals surface area contributed by atoms with Gasteiger partial charge in [0.15, 0.2) is 23.9 Å². The van der Waals surface area contributed by atoms with Gasteiger partial charge < -0.3 is 4.74 Å². The molecule has 0 aliphatic heterocycles. The number of benzene rings is 2. The summed E-state index contributed by atoms with van der Waals surface area (Å²) in [6, 6.07) is 10.7. The first-order chi connectivity index (χ1) is 13.9. The highest BCUT2D eigenvalue weighted by atomic mass is 79.9. The van der Waals surface area contributed by atoms with E-state index >= 15 is 0 Å². The molecule has 3 rings (SSSR count). The summed E-state index contributed by atoms with van der Waals surface area (Å²) in [7, 11) is 0. The number of hydrogen-bond acceptors (Lipinski definition) is 5. The average molecular weight is 463 g/mol. The van der Waals surface area contributed by atoms with Crippen molar-refractivity contribution in [3.63, 3.8) is 0 Å². The first-order valence-electron chi connectivity index (χ1n) is 8.57. The van der Waals surface area contributed by atoms with Gasteiger partial charge in [-0.1, -0.05) is 34.1 Å². The highest BCUT2D eigenvalue weighted by molar-refractivity contribution is 9.10. The van der Waals surface area contributed by atoms with Crippen LogP contribution in [-0.2, 0) is 11.3 Å². The molecule has 29 heavy (non-hydrogen) atoms. The van der Waals surface area contributed by atoms with Gasteiger partial charge in [0.2, 0.25) is 0 Å². The third-order valence-corrected chi connectivity index (χ3v) is 4.44. The number of aromatic nitrogens is 2. The van der Waals surface area contributed by atoms with Crippen molar-refractivity contribution in [2.75, 3.05) is 6.61 Å². The molecule has 0 atom stereocenters. The molecule has 2 N–H and O–H groups in total. The molecule has 2 aromatic carbocycles. The lowest BCUT2D eigenvalue weighted by molar-refractivity contribution is -0.123. The number of nitrogens with zero attached hydrogens (tertiary/aromatic N) is 2. The number of rotatable bonds is 5. The van der Waals surface area contributed by atoms with Crippen LogP contribution in [0.4, 0.5) is 4.39 Å². The summed E-state index contributed by atoms with van der Waals surface area (Å²) in [4.78, 5) is 36.7. The maximum Gasteiger partial charge on any atom is 0.290 e. The Labute approximate surface area is 172 Å². The Kier molecular flexibility index (Phi) is 6.23. The fourth-order valence-electron chi connectivity index (χ4n) is 2.57. The molecule has 3 aromatic rings. The molecule has 0 fully saturated rings. The molecule has 0 unspecified atom stereocenters. The van der Waals surface area contributed by atoms with Gasteiger partial charge in [0, 0.05) is 16.4 Å². The average Bonchev–Trinajstić information content (AvgIpc) is 2.72. The smallest absolute Gasteiger partial charge is 0.290 e. The zero-order chi connectivity index (χ0) is 21.0. The van der Waals surface area contributed by atoms with Crippen molar-refractivity contribution in [2.45, 2.75) is 13.5 Å². The number of halogens is 2. The number of fused-ring (bicyclic) bond motifs is 1. The van der Waals surface area contributed by atoms with Crippen LogP contribution in [-0.4, -0.2) is 28.2 Å². The SMILES string of the molecule is CCn1nc(C(=O)NNC(=O)COc2ccc(Br)cc2F)c2ccccc2c1=O. The van der Waals surface area contributed by atoms with Crippen LogP contribution in [0.3, 0.4) is 0 Å². The lowest BCUT2D eigenvalue weighted by Crippen LogP contribution is -2.44. The van der Waals surface area contributed by atoms with Crippen molar-refractivity contribution in [1.29, 1.82) is 0 Å². The summed E-state index contributed by atoms with van der Waals surface area (Å²) < 4.78 is 20.5. The second kappa shape index (κ2) is 8.82. The van der Waals surface area contributed by atoms with Gasteiger partial charge in [-0.3, -0.25) is 25.2 Å². The van der Waals surface area contributed by atoms with E-state index in [0.717, 1.165) is 0 Å². The van der Waals surface area contributed by atoms with Crippen molar-refractivity contribution < 1.29 is 18.7 Å². The first kappa shape index (κ1) is 20.5. The van der Waals surface area contributed by atoms with E-state index in [0.29, 0.717) is 15.2 Å².